The minimum absolute atomic E-state index is 0.0161. The van der Waals surface area contributed by atoms with Gasteiger partial charge in [0.25, 0.3) is 5.91 Å². The van der Waals surface area contributed by atoms with Gasteiger partial charge >= 0.3 is 0 Å². The van der Waals surface area contributed by atoms with Crippen LogP contribution in [-0.4, -0.2) is 28.6 Å². The Hall–Kier alpha value is -3.60. The van der Waals surface area contributed by atoms with Crippen LogP contribution in [0, 0.1) is 13.8 Å². The van der Waals surface area contributed by atoms with Crippen LogP contribution in [0.4, 0.5) is 0 Å². The topological polar surface area (TPSA) is 56.2 Å². The van der Waals surface area contributed by atoms with Crippen molar-refractivity contribution in [3.05, 3.63) is 94.8 Å². The monoisotopic (exact) mass is 511 g/mol. The van der Waals surface area contributed by atoms with Crippen LogP contribution >= 0.6 is 0 Å². The van der Waals surface area contributed by atoms with Gasteiger partial charge in [-0.15, -0.1) is 0 Å². The second kappa shape index (κ2) is 13.3. The van der Waals surface area contributed by atoms with Crippen molar-refractivity contribution >= 4 is 16.9 Å². The molecule has 1 heterocycles. The van der Waals surface area contributed by atoms with Crippen molar-refractivity contribution in [3.63, 3.8) is 0 Å². The van der Waals surface area contributed by atoms with E-state index in [1.54, 1.807) is 0 Å². The first-order valence-corrected chi connectivity index (χ1v) is 13.9. The maximum atomic E-state index is 12.5. The number of nitrogens with zero attached hydrogens (tertiary/aromatic N) is 2. The molecule has 0 spiro atoms. The van der Waals surface area contributed by atoms with Gasteiger partial charge in [0.15, 0.2) is 0 Å². The normalized spacial score (nSPS) is 11.3. The van der Waals surface area contributed by atoms with Crippen molar-refractivity contribution in [2.75, 3.05) is 13.2 Å². The van der Waals surface area contributed by atoms with Gasteiger partial charge in [-0.05, 0) is 80.5 Å². The van der Waals surface area contributed by atoms with E-state index in [2.05, 4.69) is 72.3 Å². The third kappa shape index (κ3) is 7.25. The second-order valence-electron chi connectivity index (χ2n) is 10.5. The zero-order valence-corrected chi connectivity index (χ0v) is 23.3. The van der Waals surface area contributed by atoms with E-state index in [-0.39, 0.29) is 5.91 Å². The van der Waals surface area contributed by atoms with E-state index in [4.69, 9.17) is 9.72 Å². The Labute approximate surface area is 227 Å². The SMILES string of the molecule is Cc1ccc(C(=O)NCCCCCc2nc3ccccc3n2CCCOc2ccc(C(C)C)cc2)c(C)c1. The Bertz CT molecular complexity index is 1340. The summed E-state index contributed by atoms with van der Waals surface area (Å²) in [6.07, 6.45) is 4.90. The lowest BCUT2D eigenvalue weighted by Gasteiger charge is -2.12. The van der Waals surface area contributed by atoms with Gasteiger partial charge in [0, 0.05) is 25.1 Å². The number of fused-ring (bicyclic) bond motifs is 1. The number of aryl methyl sites for hydroxylation is 4. The van der Waals surface area contributed by atoms with Crippen LogP contribution in [0.25, 0.3) is 11.0 Å². The maximum absolute atomic E-state index is 12.5. The van der Waals surface area contributed by atoms with Crippen molar-refractivity contribution in [3.8, 4) is 5.75 Å². The molecule has 5 heteroatoms. The average molecular weight is 512 g/mol. The molecule has 3 aromatic carbocycles. The average Bonchev–Trinajstić information content (AvgIpc) is 3.26. The Balaban J connectivity index is 1.24. The molecule has 1 amide bonds. The lowest BCUT2D eigenvalue weighted by molar-refractivity contribution is 0.0952. The number of rotatable bonds is 13. The van der Waals surface area contributed by atoms with Crippen molar-refractivity contribution in [2.24, 2.45) is 0 Å². The summed E-state index contributed by atoms with van der Waals surface area (Å²) in [4.78, 5) is 17.4. The van der Waals surface area contributed by atoms with Crippen molar-refractivity contribution in [2.45, 2.75) is 72.3 Å². The molecule has 0 fully saturated rings. The Morgan fingerprint density at radius 3 is 2.50 bits per heavy atom. The smallest absolute Gasteiger partial charge is 0.251 e. The van der Waals surface area contributed by atoms with Crippen LogP contribution in [-0.2, 0) is 13.0 Å². The molecule has 0 atom stereocenters. The molecular weight excluding hydrogens is 470 g/mol. The highest BCUT2D eigenvalue weighted by molar-refractivity contribution is 5.95. The summed E-state index contributed by atoms with van der Waals surface area (Å²) in [5.41, 5.74) is 6.53. The number of ether oxygens (including phenoxy) is 1. The molecule has 38 heavy (non-hydrogen) atoms. The number of imidazole rings is 1. The Morgan fingerprint density at radius 1 is 0.947 bits per heavy atom. The molecule has 1 aromatic heterocycles. The fraction of sp³-hybridized carbons (Fsp3) is 0.394. The molecule has 0 saturated heterocycles. The van der Waals surface area contributed by atoms with E-state index in [1.165, 1.54) is 16.6 Å². The summed E-state index contributed by atoms with van der Waals surface area (Å²) in [6, 6.07) is 22.8. The number of aromatic nitrogens is 2. The second-order valence-corrected chi connectivity index (χ2v) is 10.5. The standard InChI is InChI=1S/C33H41N3O2/c1-24(2)27-15-17-28(18-16-27)38-22-10-21-36-31-12-8-7-11-30(31)35-32(36)13-6-5-9-20-34-33(37)29-19-14-25(3)23-26(29)4/h7-8,11-12,14-19,23-24H,5-6,9-10,13,20-22H2,1-4H3,(H,34,37). The fourth-order valence-corrected chi connectivity index (χ4v) is 4.88. The molecule has 0 aliphatic rings. The molecule has 0 aliphatic carbocycles. The van der Waals surface area contributed by atoms with E-state index >= 15 is 0 Å². The van der Waals surface area contributed by atoms with Crippen molar-refractivity contribution < 1.29 is 9.53 Å². The number of hydrogen-bond donors (Lipinski definition) is 1. The number of amides is 1. The molecular formula is C33H41N3O2. The number of nitrogens with one attached hydrogen (secondary N) is 1. The Kier molecular flexibility index (Phi) is 9.58. The zero-order chi connectivity index (χ0) is 26.9. The van der Waals surface area contributed by atoms with Gasteiger partial charge in [0.2, 0.25) is 0 Å². The number of carbonyl (C=O) groups excluding carboxylic acids is 1. The van der Waals surface area contributed by atoms with Crippen molar-refractivity contribution in [1.29, 1.82) is 0 Å². The van der Waals surface area contributed by atoms with Gasteiger partial charge in [-0.1, -0.05) is 62.2 Å². The molecule has 5 nitrogen and oxygen atoms in total. The quantitative estimate of drug-likeness (QED) is 0.190. The predicted octanol–water partition coefficient (Wildman–Crippen LogP) is 7.39. The lowest BCUT2D eigenvalue weighted by atomic mass is 10.0. The fourth-order valence-electron chi connectivity index (χ4n) is 4.88. The van der Waals surface area contributed by atoms with Gasteiger partial charge in [-0.25, -0.2) is 4.98 Å². The van der Waals surface area contributed by atoms with Crippen LogP contribution < -0.4 is 10.1 Å². The van der Waals surface area contributed by atoms with Crippen LogP contribution in [0.3, 0.4) is 0 Å². The summed E-state index contributed by atoms with van der Waals surface area (Å²) in [6.45, 7) is 10.7. The summed E-state index contributed by atoms with van der Waals surface area (Å²) in [7, 11) is 0. The molecule has 0 saturated carbocycles. The number of hydrogen-bond acceptors (Lipinski definition) is 3. The lowest BCUT2D eigenvalue weighted by Crippen LogP contribution is -2.25. The van der Waals surface area contributed by atoms with Crippen LogP contribution in [0.15, 0.2) is 66.7 Å². The largest absolute Gasteiger partial charge is 0.494 e. The van der Waals surface area contributed by atoms with Gasteiger partial charge in [0.05, 0.1) is 17.6 Å². The molecule has 200 valence electrons. The number of benzene rings is 3. The van der Waals surface area contributed by atoms with Crippen LogP contribution in [0.5, 0.6) is 5.75 Å². The van der Waals surface area contributed by atoms with Crippen LogP contribution in [0.1, 0.15) is 78.3 Å². The van der Waals surface area contributed by atoms with E-state index < -0.39 is 0 Å². The molecule has 0 bridgehead atoms. The van der Waals surface area contributed by atoms with Gasteiger partial charge in [-0.3, -0.25) is 4.79 Å². The van der Waals surface area contributed by atoms with Gasteiger partial charge in [0.1, 0.15) is 11.6 Å². The molecule has 0 unspecified atom stereocenters. The first-order chi connectivity index (χ1) is 18.4. The molecule has 4 rings (SSSR count). The summed E-state index contributed by atoms with van der Waals surface area (Å²) < 4.78 is 8.36. The third-order valence-corrected chi connectivity index (χ3v) is 7.06. The third-order valence-electron chi connectivity index (χ3n) is 7.06. The maximum Gasteiger partial charge on any atom is 0.251 e. The minimum atomic E-state index is 0.0161. The summed E-state index contributed by atoms with van der Waals surface area (Å²) in [5.74, 6) is 2.60. The van der Waals surface area contributed by atoms with Crippen molar-refractivity contribution in [1.82, 2.24) is 14.9 Å². The molecule has 4 aromatic rings. The summed E-state index contributed by atoms with van der Waals surface area (Å²) in [5, 5.41) is 3.07. The first-order valence-electron chi connectivity index (χ1n) is 13.9. The van der Waals surface area contributed by atoms with E-state index in [9.17, 15) is 4.79 Å². The highest BCUT2D eigenvalue weighted by atomic mass is 16.5. The van der Waals surface area contributed by atoms with Gasteiger partial charge < -0.3 is 14.6 Å². The Morgan fingerprint density at radius 2 is 1.74 bits per heavy atom. The molecule has 1 N–H and O–H groups in total. The number of unbranched alkanes of at least 4 members (excludes halogenated alkanes) is 2. The number of carbonyl (C=O) groups is 1. The van der Waals surface area contributed by atoms with E-state index in [0.29, 0.717) is 19.1 Å². The minimum Gasteiger partial charge on any atom is -0.494 e. The predicted molar refractivity (Wildman–Crippen MR) is 156 cm³/mol. The highest BCUT2D eigenvalue weighted by Crippen LogP contribution is 2.20. The number of para-hydroxylation sites is 2. The van der Waals surface area contributed by atoms with Crippen LogP contribution in [0.2, 0.25) is 0 Å². The van der Waals surface area contributed by atoms with E-state index in [0.717, 1.165) is 66.9 Å². The summed E-state index contributed by atoms with van der Waals surface area (Å²) >= 11 is 0. The van der Waals surface area contributed by atoms with Gasteiger partial charge in [-0.2, -0.15) is 0 Å². The first kappa shape index (κ1) is 27.4. The molecule has 0 aliphatic heterocycles. The zero-order valence-electron chi connectivity index (χ0n) is 23.3. The molecule has 0 radical (unpaired) electrons. The van der Waals surface area contributed by atoms with E-state index in [1.807, 2.05) is 32.0 Å². The highest BCUT2D eigenvalue weighted by Gasteiger charge is 2.11.